The fraction of sp³-hybridized carbons (Fsp3) is 0.346. The van der Waals surface area contributed by atoms with Gasteiger partial charge in [-0.2, -0.15) is 18.3 Å². The van der Waals surface area contributed by atoms with Gasteiger partial charge in [0.25, 0.3) is 0 Å². The van der Waals surface area contributed by atoms with Crippen LogP contribution < -0.4 is 10.7 Å². The van der Waals surface area contributed by atoms with Crippen LogP contribution in [0.2, 0.25) is 0 Å². The standard InChI is InChI=1S/C26H27F3N4/c1-17-6-11-24-22(16-17)21-12-14-30-23-5-3-2-4-19(13-15-33(24)25(21)23)31-32-20-9-7-18(8-10-20)26(27,28)29/h6-11,13,15-16,23,30,32H,2-5,12,14H2,1H3/b15-13-,31-19-/t23-/m0/s1. The van der Waals surface area contributed by atoms with Gasteiger partial charge < -0.3 is 9.88 Å². The first-order valence-corrected chi connectivity index (χ1v) is 11.4. The van der Waals surface area contributed by atoms with Gasteiger partial charge in [-0.15, -0.1) is 0 Å². The summed E-state index contributed by atoms with van der Waals surface area (Å²) in [6.45, 7) is 3.13. The van der Waals surface area contributed by atoms with Crippen LogP contribution >= 0.6 is 0 Å². The molecule has 0 bridgehead atoms. The van der Waals surface area contributed by atoms with Crippen LogP contribution in [0.15, 0.2) is 53.6 Å². The number of rotatable bonds is 2. The Morgan fingerprint density at radius 3 is 2.67 bits per heavy atom. The molecule has 1 aromatic heterocycles. The second kappa shape index (κ2) is 8.71. The fourth-order valence-electron chi connectivity index (χ4n) is 4.88. The predicted molar refractivity (Wildman–Crippen MR) is 127 cm³/mol. The number of benzene rings is 2. The van der Waals surface area contributed by atoms with E-state index < -0.39 is 11.7 Å². The topological polar surface area (TPSA) is 41.4 Å². The van der Waals surface area contributed by atoms with Crippen molar-refractivity contribution in [1.29, 1.82) is 0 Å². The minimum Gasteiger partial charge on any atom is -0.318 e. The highest BCUT2D eigenvalue weighted by molar-refractivity contribution is 5.98. The van der Waals surface area contributed by atoms with E-state index in [1.165, 1.54) is 39.9 Å². The van der Waals surface area contributed by atoms with Gasteiger partial charge in [-0.25, -0.2) is 0 Å². The lowest BCUT2D eigenvalue weighted by Crippen LogP contribution is -2.31. The highest BCUT2D eigenvalue weighted by Gasteiger charge is 2.30. The summed E-state index contributed by atoms with van der Waals surface area (Å²) in [5.41, 5.74) is 8.91. The van der Waals surface area contributed by atoms with Gasteiger partial charge in [0.15, 0.2) is 0 Å². The van der Waals surface area contributed by atoms with E-state index in [1.807, 2.05) is 6.08 Å². The lowest BCUT2D eigenvalue weighted by atomic mass is 9.94. The van der Waals surface area contributed by atoms with Crippen LogP contribution in [0.5, 0.6) is 0 Å². The highest BCUT2D eigenvalue weighted by atomic mass is 19.4. The zero-order chi connectivity index (χ0) is 23.0. The van der Waals surface area contributed by atoms with Crippen molar-refractivity contribution in [1.82, 2.24) is 9.88 Å². The fourth-order valence-corrected chi connectivity index (χ4v) is 4.88. The third-order valence-electron chi connectivity index (χ3n) is 6.53. The van der Waals surface area contributed by atoms with Crippen LogP contribution in [0.4, 0.5) is 18.9 Å². The Hall–Kier alpha value is -3.06. The molecule has 2 aliphatic heterocycles. The molecule has 172 valence electrons. The molecule has 5 rings (SSSR count). The molecule has 2 aromatic carbocycles. The summed E-state index contributed by atoms with van der Waals surface area (Å²) in [5, 5.41) is 9.54. The Bertz CT molecular complexity index is 1220. The number of anilines is 1. The first-order valence-electron chi connectivity index (χ1n) is 11.4. The van der Waals surface area contributed by atoms with Crippen molar-refractivity contribution in [2.45, 2.75) is 51.2 Å². The molecule has 2 N–H and O–H groups in total. The maximum Gasteiger partial charge on any atom is 0.416 e. The summed E-state index contributed by atoms with van der Waals surface area (Å²) in [5.74, 6) is 0. The van der Waals surface area contributed by atoms with Gasteiger partial charge in [0.1, 0.15) is 0 Å². The Morgan fingerprint density at radius 1 is 1.06 bits per heavy atom. The molecule has 2 aliphatic rings. The van der Waals surface area contributed by atoms with Crippen molar-refractivity contribution in [3.8, 4) is 0 Å². The Balaban J connectivity index is 1.48. The second-order valence-corrected chi connectivity index (χ2v) is 8.86. The molecule has 0 saturated carbocycles. The molecule has 0 unspecified atom stereocenters. The van der Waals surface area contributed by atoms with Crippen molar-refractivity contribution in [2.75, 3.05) is 12.0 Å². The van der Waals surface area contributed by atoms with E-state index in [0.717, 1.165) is 56.5 Å². The average molecular weight is 453 g/mol. The zero-order valence-electron chi connectivity index (χ0n) is 18.5. The Labute approximate surface area is 191 Å². The van der Waals surface area contributed by atoms with Crippen molar-refractivity contribution >= 4 is 28.5 Å². The van der Waals surface area contributed by atoms with Gasteiger partial charge in [-0.05, 0) is 87.2 Å². The van der Waals surface area contributed by atoms with E-state index in [-0.39, 0.29) is 0 Å². The number of halogens is 3. The van der Waals surface area contributed by atoms with Gasteiger partial charge in [-0.3, -0.25) is 5.43 Å². The van der Waals surface area contributed by atoms with Gasteiger partial charge in [0, 0.05) is 23.3 Å². The normalized spacial score (nSPS) is 21.1. The molecule has 0 amide bonds. The summed E-state index contributed by atoms with van der Waals surface area (Å²) < 4.78 is 40.7. The predicted octanol–water partition coefficient (Wildman–Crippen LogP) is 6.67. The van der Waals surface area contributed by atoms with Crippen molar-refractivity contribution in [2.24, 2.45) is 5.10 Å². The summed E-state index contributed by atoms with van der Waals surface area (Å²) in [7, 11) is 0. The Morgan fingerprint density at radius 2 is 1.88 bits per heavy atom. The van der Waals surface area contributed by atoms with Gasteiger partial charge in [0.05, 0.1) is 22.5 Å². The monoisotopic (exact) mass is 452 g/mol. The maximum absolute atomic E-state index is 12.8. The van der Waals surface area contributed by atoms with Gasteiger partial charge in [-0.1, -0.05) is 18.1 Å². The molecule has 1 atom stereocenters. The van der Waals surface area contributed by atoms with E-state index in [0.29, 0.717) is 11.7 Å². The van der Waals surface area contributed by atoms with Gasteiger partial charge in [0.2, 0.25) is 0 Å². The van der Waals surface area contributed by atoms with Crippen LogP contribution in [-0.4, -0.2) is 16.8 Å². The molecule has 0 radical (unpaired) electrons. The number of hydrogen-bond donors (Lipinski definition) is 2. The minimum absolute atomic E-state index is 0.342. The molecule has 0 aliphatic carbocycles. The second-order valence-electron chi connectivity index (χ2n) is 8.86. The molecule has 7 heteroatoms. The smallest absolute Gasteiger partial charge is 0.318 e. The number of nitrogens with one attached hydrogen (secondary N) is 2. The van der Waals surface area contributed by atoms with E-state index in [1.54, 1.807) is 0 Å². The number of hydrogen-bond acceptors (Lipinski definition) is 3. The molecule has 0 spiro atoms. The molecule has 3 heterocycles. The molecular weight excluding hydrogens is 425 g/mol. The zero-order valence-corrected chi connectivity index (χ0v) is 18.5. The van der Waals surface area contributed by atoms with Crippen LogP contribution in [-0.2, 0) is 12.6 Å². The molecule has 3 aromatic rings. The number of hydrazone groups is 1. The van der Waals surface area contributed by atoms with Crippen LogP contribution in [0.3, 0.4) is 0 Å². The first-order chi connectivity index (χ1) is 15.9. The Kier molecular flexibility index (Phi) is 5.74. The third-order valence-corrected chi connectivity index (χ3v) is 6.53. The van der Waals surface area contributed by atoms with Gasteiger partial charge >= 0.3 is 6.18 Å². The lowest BCUT2D eigenvalue weighted by molar-refractivity contribution is -0.137. The van der Waals surface area contributed by atoms with E-state index >= 15 is 0 Å². The summed E-state index contributed by atoms with van der Waals surface area (Å²) in [6.07, 6.45) is 4.74. The lowest BCUT2D eigenvalue weighted by Gasteiger charge is -2.27. The molecule has 33 heavy (non-hydrogen) atoms. The number of nitrogens with zero attached hydrogens (tertiary/aromatic N) is 2. The minimum atomic E-state index is -4.34. The highest BCUT2D eigenvalue weighted by Crippen LogP contribution is 2.36. The summed E-state index contributed by atoms with van der Waals surface area (Å²) in [4.78, 5) is 0. The van der Waals surface area contributed by atoms with Crippen LogP contribution in [0, 0.1) is 6.92 Å². The molecule has 0 saturated heterocycles. The van der Waals surface area contributed by atoms with Crippen molar-refractivity contribution in [3.63, 3.8) is 0 Å². The summed E-state index contributed by atoms with van der Waals surface area (Å²) in [6, 6.07) is 11.9. The average Bonchev–Trinajstić information content (AvgIpc) is 3.11. The summed E-state index contributed by atoms with van der Waals surface area (Å²) >= 11 is 0. The largest absolute Gasteiger partial charge is 0.416 e. The number of aromatic nitrogens is 1. The number of aryl methyl sites for hydroxylation is 1. The number of fused-ring (bicyclic) bond motifs is 3. The van der Waals surface area contributed by atoms with E-state index in [9.17, 15) is 13.2 Å². The molecule has 0 fully saturated rings. The number of allylic oxidation sites excluding steroid dienone is 1. The van der Waals surface area contributed by atoms with E-state index in [4.69, 9.17) is 0 Å². The molecule has 4 nitrogen and oxygen atoms in total. The van der Waals surface area contributed by atoms with Crippen LogP contribution in [0.1, 0.15) is 54.1 Å². The quantitative estimate of drug-likeness (QED) is 0.427. The third kappa shape index (κ3) is 4.42. The van der Waals surface area contributed by atoms with Crippen molar-refractivity contribution < 1.29 is 13.2 Å². The number of alkyl halides is 3. The van der Waals surface area contributed by atoms with E-state index in [2.05, 4.69) is 51.7 Å². The molecular formula is C26H27F3N4. The SMILES string of the molecule is Cc1ccc2c(c1)c1c3n2/C=C\C(=N/Nc2ccc(C(F)(F)F)cc2)CCCC[C@@H]3NCC1. The maximum atomic E-state index is 12.8. The van der Waals surface area contributed by atoms with Crippen LogP contribution in [0.25, 0.3) is 17.1 Å². The van der Waals surface area contributed by atoms with Crippen molar-refractivity contribution in [3.05, 3.63) is 70.9 Å². The first kappa shape index (κ1) is 21.8.